The van der Waals surface area contributed by atoms with Crippen molar-refractivity contribution in [2.75, 3.05) is 20.8 Å². The first-order valence-electron chi connectivity index (χ1n) is 6.64. The van der Waals surface area contributed by atoms with E-state index in [-0.39, 0.29) is 0 Å². The van der Waals surface area contributed by atoms with Crippen LogP contribution in [-0.4, -0.2) is 40.1 Å². The van der Waals surface area contributed by atoms with E-state index in [0.717, 1.165) is 18.0 Å². The Kier molecular flexibility index (Phi) is 4.05. The molecule has 0 bridgehead atoms. The normalized spacial score (nSPS) is 31.7. The Labute approximate surface area is 100 Å². The van der Waals surface area contributed by atoms with E-state index < -0.39 is 8.72 Å². The van der Waals surface area contributed by atoms with Crippen LogP contribution in [0, 0.1) is 5.92 Å². The van der Waals surface area contributed by atoms with E-state index in [2.05, 4.69) is 11.5 Å². The van der Waals surface area contributed by atoms with E-state index in [1.165, 1.54) is 38.6 Å². The Morgan fingerprint density at radius 2 is 1.81 bits per heavy atom. The van der Waals surface area contributed by atoms with Crippen LogP contribution >= 0.6 is 0 Å². The molecule has 0 aromatic carbocycles. The molecular formula is C12H25NO2Si. The van der Waals surface area contributed by atoms with Gasteiger partial charge in [-0.15, -0.1) is 0 Å². The Morgan fingerprint density at radius 1 is 1.12 bits per heavy atom. The minimum absolute atomic E-state index is 0.750. The van der Waals surface area contributed by atoms with Crippen LogP contribution in [0.15, 0.2) is 0 Å². The van der Waals surface area contributed by atoms with Crippen LogP contribution in [0.25, 0.3) is 0 Å². The molecule has 2 aliphatic rings. The van der Waals surface area contributed by atoms with E-state index in [4.69, 9.17) is 8.85 Å². The molecule has 1 saturated carbocycles. The minimum atomic E-state index is -2.06. The predicted octanol–water partition coefficient (Wildman–Crippen LogP) is 2.50. The molecule has 0 spiro atoms. The summed E-state index contributed by atoms with van der Waals surface area (Å²) < 4.78 is 14.2. The highest BCUT2D eigenvalue weighted by Gasteiger charge is 2.50. The molecule has 0 aromatic heterocycles. The van der Waals surface area contributed by atoms with Gasteiger partial charge in [-0.25, -0.2) is 0 Å². The molecule has 1 aliphatic heterocycles. The molecule has 2 unspecified atom stereocenters. The Balaban J connectivity index is 2.13. The van der Waals surface area contributed by atoms with Crippen molar-refractivity contribution in [2.45, 2.75) is 51.1 Å². The van der Waals surface area contributed by atoms with E-state index in [9.17, 15) is 0 Å². The van der Waals surface area contributed by atoms with Gasteiger partial charge in [-0.1, -0.05) is 19.8 Å². The molecule has 0 amide bonds. The summed E-state index contributed by atoms with van der Waals surface area (Å²) in [4.78, 5) is 0. The average molecular weight is 243 g/mol. The third kappa shape index (κ3) is 1.96. The number of hydrogen-bond donors (Lipinski definition) is 0. The molecule has 16 heavy (non-hydrogen) atoms. The van der Waals surface area contributed by atoms with Crippen molar-refractivity contribution in [3.63, 3.8) is 0 Å². The summed E-state index contributed by atoms with van der Waals surface area (Å²) in [5.74, 6) is 0.914. The smallest absolute Gasteiger partial charge is 0.386 e. The van der Waals surface area contributed by atoms with E-state index in [1.807, 2.05) is 14.2 Å². The molecule has 4 heteroatoms. The third-order valence-electron chi connectivity index (χ3n) is 4.53. The summed E-state index contributed by atoms with van der Waals surface area (Å²) in [6.45, 7) is 3.40. The molecule has 94 valence electrons. The monoisotopic (exact) mass is 243 g/mol. The largest absolute Gasteiger partial charge is 0.427 e. The van der Waals surface area contributed by atoms with Gasteiger partial charge in [0, 0.05) is 26.3 Å². The fourth-order valence-corrected chi connectivity index (χ4v) is 6.57. The van der Waals surface area contributed by atoms with Crippen LogP contribution in [0.4, 0.5) is 0 Å². The van der Waals surface area contributed by atoms with Crippen LogP contribution in [0.5, 0.6) is 0 Å². The lowest BCUT2D eigenvalue weighted by Crippen LogP contribution is -2.59. The van der Waals surface area contributed by atoms with Crippen molar-refractivity contribution in [2.24, 2.45) is 5.92 Å². The number of hydrogen-bond acceptors (Lipinski definition) is 3. The van der Waals surface area contributed by atoms with Gasteiger partial charge in [0.25, 0.3) is 0 Å². The summed E-state index contributed by atoms with van der Waals surface area (Å²) in [7, 11) is 1.60. The highest BCUT2D eigenvalue weighted by atomic mass is 28.4. The summed E-state index contributed by atoms with van der Waals surface area (Å²) in [6, 6.07) is 1.78. The van der Waals surface area contributed by atoms with Gasteiger partial charge in [0.2, 0.25) is 0 Å². The Bertz CT molecular complexity index is 225. The second-order valence-electron chi connectivity index (χ2n) is 5.07. The van der Waals surface area contributed by atoms with Gasteiger partial charge in [-0.2, -0.15) is 0 Å². The molecular weight excluding hydrogens is 218 g/mol. The maximum Gasteiger partial charge on any atom is 0.427 e. The molecule has 1 saturated heterocycles. The lowest BCUT2D eigenvalue weighted by Gasteiger charge is -2.41. The van der Waals surface area contributed by atoms with Gasteiger partial charge in [0.05, 0.1) is 0 Å². The molecule has 0 radical (unpaired) electrons. The molecule has 3 nitrogen and oxygen atoms in total. The fraction of sp³-hybridized carbons (Fsp3) is 1.00. The summed E-state index contributed by atoms with van der Waals surface area (Å²) in [6.07, 6.45) is 6.94. The molecule has 0 N–H and O–H groups in total. The van der Waals surface area contributed by atoms with Crippen LogP contribution < -0.4 is 0 Å². The first-order valence-corrected chi connectivity index (χ1v) is 8.61. The van der Waals surface area contributed by atoms with Gasteiger partial charge in [-0.05, 0) is 31.7 Å². The molecule has 2 fully saturated rings. The van der Waals surface area contributed by atoms with Crippen LogP contribution in [0.1, 0.15) is 39.0 Å². The lowest BCUT2D eigenvalue weighted by atomic mass is 9.86. The predicted molar refractivity (Wildman–Crippen MR) is 67.3 cm³/mol. The maximum atomic E-state index is 5.81. The van der Waals surface area contributed by atoms with Crippen molar-refractivity contribution in [1.29, 1.82) is 0 Å². The molecule has 2 atom stereocenters. The summed E-state index contributed by atoms with van der Waals surface area (Å²) >= 11 is 0. The van der Waals surface area contributed by atoms with Crippen molar-refractivity contribution in [3.05, 3.63) is 0 Å². The molecule has 2 rings (SSSR count). The van der Waals surface area contributed by atoms with E-state index in [1.54, 1.807) is 0 Å². The number of fused-ring (bicyclic) bond motifs is 1. The van der Waals surface area contributed by atoms with Gasteiger partial charge < -0.3 is 8.85 Å². The average Bonchev–Trinajstić information content (AvgIpc) is 2.77. The SMILES string of the molecule is CC[Si](OC)(OC)N1CCC2CCCCC21. The number of rotatable bonds is 4. The molecule has 1 aliphatic carbocycles. The van der Waals surface area contributed by atoms with Gasteiger partial charge in [0.15, 0.2) is 0 Å². The van der Waals surface area contributed by atoms with Crippen molar-refractivity contribution in [3.8, 4) is 0 Å². The van der Waals surface area contributed by atoms with E-state index in [0.29, 0.717) is 0 Å². The Hall–Kier alpha value is 0.0969. The topological polar surface area (TPSA) is 21.7 Å². The van der Waals surface area contributed by atoms with Crippen LogP contribution in [-0.2, 0) is 8.85 Å². The zero-order chi connectivity index (χ0) is 11.6. The molecule has 1 heterocycles. The van der Waals surface area contributed by atoms with Gasteiger partial charge in [-0.3, -0.25) is 4.57 Å². The maximum absolute atomic E-state index is 5.81. The summed E-state index contributed by atoms with van der Waals surface area (Å²) in [5.41, 5.74) is 0. The lowest BCUT2D eigenvalue weighted by molar-refractivity contribution is 0.135. The standard InChI is InChI=1S/C12H25NO2Si/c1-4-16(14-2,15-3)13-10-9-11-7-5-6-8-12(11)13/h11-12H,4-10H2,1-3H3. The van der Waals surface area contributed by atoms with Crippen molar-refractivity contribution in [1.82, 2.24) is 4.57 Å². The van der Waals surface area contributed by atoms with Crippen LogP contribution in [0.2, 0.25) is 6.04 Å². The quantitative estimate of drug-likeness (QED) is 0.708. The van der Waals surface area contributed by atoms with Crippen LogP contribution in [0.3, 0.4) is 0 Å². The zero-order valence-corrected chi connectivity index (χ0v) is 11.9. The first kappa shape index (κ1) is 12.6. The zero-order valence-electron chi connectivity index (χ0n) is 10.9. The highest BCUT2D eigenvalue weighted by molar-refractivity contribution is 6.64. The second-order valence-corrected chi connectivity index (χ2v) is 8.59. The summed E-state index contributed by atoms with van der Waals surface area (Å²) in [5, 5.41) is 0. The van der Waals surface area contributed by atoms with Crippen molar-refractivity contribution >= 4 is 8.72 Å². The first-order chi connectivity index (χ1) is 7.77. The van der Waals surface area contributed by atoms with Gasteiger partial charge in [0.1, 0.15) is 0 Å². The third-order valence-corrected chi connectivity index (χ3v) is 8.13. The highest BCUT2D eigenvalue weighted by Crippen LogP contribution is 2.39. The van der Waals surface area contributed by atoms with Gasteiger partial charge >= 0.3 is 8.72 Å². The number of nitrogens with zero attached hydrogens (tertiary/aromatic N) is 1. The second kappa shape index (κ2) is 5.17. The molecule has 0 aromatic rings. The Morgan fingerprint density at radius 3 is 2.44 bits per heavy atom. The van der Waals surface area contributed by atoms with Crippen molar-refractivity contribution < 1.29 is 8.85 Å². The van der Waals surface area contributed by atoms with E-state index >= 15 is 0 Å². The minimum Gasteiger partial charge on any atom is -0.386 e. The fourth-order valence-electron chi connectivity index (χ4n) is 3.64.